The molecule has 0 spiro atoms. The van der Waals surface area contributed by atoms with Crippen LogP contribution in [0.3, 0.4) is 0 Å². The second kappa shape index (κ2) is 6.36. The Morgan fingerprint density at radius 2 is 1.94 bits per heavy atom. The van der Waals surface area contributed by atoms with Crippen molar-refractivity contribution in [3.63, 3.8) is 0 Å². The van der Waals surface area contributed by atoms with Gasteiger partial charge < -0.3 is 0 Å². The second-order valence-electron chi connectivity index (χ2n) is 5.48. The Hall–Kier alpha value is -0.600. The van der Waals surface area contributed by atoms with Gasteiger partial charge in [-0.3, -0.25) is 5.43 Å². The summed E-state index contributed by atoms with van der Waals surface area (Å²) < 4.78 is 0. The van der Waals surface area contributed by atoms with Gasteiger partial charge in [0, 0.05) is 13.1 Å². The third-order valence-corrected chi connectivity index (χ3v) is 4.52. The van der Waals surface area contributed by atoms with E-state index in [1.807, 2.05) is 13.1 Å². The molecule has 1 rings (SSSR count). The highest BCUT2D eigenvalue weighted by molar-refractivity contribution is 5.05. The molecular formula is C15H28N2. The molecule has 1 N–H and O–H groups in total. The molecule has 98 valence electrons. The fraction of sp³-hybridized carbons (Fsp3) is 0.733. The first-order valence-corrected chi connectivity index (χ1v) is 6.72. The molecule has 0 heterocycles. The monoisotopic (exact) mass is 236 g/mol. The molecule has 0 bridgehead atoms. The fourth-order valence-electron chi connectivity index (χ4n) is 2.76. The largest absolute Gasteiger partial charge is 0.258 e. The average molecular weight is 236 g/mol. The van der Waals surface area contributed by atoms with E-state index < -0.39 is 0 Å². The van der Waals surface area contributed by atoms with Gasteiger partial charge in [-0.05, 0) is 44.1 Å². The van der Waals surface area contributed by atoms with Gasteiger partial charge in [0.25, 0.3) is 0 Å². The molecule has 0 aromatic rings. The number of hydrazine groups is 1. The third kappa shape index (κ3) is 3.68. The van der Waals surface area contributed by atoms with Crippen molar-refractivity contribution in [1.29, 1.82) is 0 Å². The van der Waals surface area contributed by atoms with Crippen molar-refractivity contribution in [3.8, 4) is 0 Å². The molecule has 1 aliphatic carbocycles. The molecule has 17 heavy (non-hydrogen) atoms. The minimum atomic E-state index is 0.589. The maximum atomic E-state index is 3.73. The highest BCUT2D eigenvalue weighted by atomic mass is 15.5. The summed E-state index contributed by atoms with van der Waals surface area (Å²) in [7, 11) is 4.11. The molecule has 0 radical (unpaired) electrons. The smallest absolute Gasteiger partial charge is 0.0240 e. The maximum absolute atomic E-state index is 3.73. The van der Waals surface area contributed by atoms with Crippen LogP contribution in [0.25, 0.3) is 0 Å². The Bertz CT molecular complexity index is 272. The van der Waals surface area contributed by atoms with Crippen molar-refractivity contribution in [2.24, 2.45) is 23.7 Å². The number of nitrogens with zero attached hydrogens (tertiary/aromatic N) is 1. The van der Waals surface area contributed by atoms with Gasteiger partial charge in [-0.2, -0.15) is 0 Å². The van der Waals surface area contributed by atoms with E-state index in [0.29, 0.717) is 12.0 Å². The normalized spacial score (nSPS) is 29.3. The van der Waals surface area contributed by atoms with Gasteiger partial charge in [-0.25, -0.2) is 5.01 Å². The van der Waals surface area contributed by atoms with Crippen molar-refractivity contribution in [2.75, 3.05) is 14.1 Å². The Labute approximate surface area is 107 Å². The number of allylic oxidation sites excluding steroid dienone is 3. The average Bonchev–Trinajstić information content (AvgIpc) is 3.13. The van der Waals surface area contributed by atoms with Crippen LogP contribution >= 0.6 is 0 Å². The van der Waals surface area contributed by atoms with E-state index >= 15 is 0 Å². The van der Waals surface area contributed by atoms with Crippen molar-refractivity contribution in [2.45, 2.75) is 33.2 Å². The summed E-state index contributed by atoms with van der Waals surface area (Å²) in [5.41, 5.74) is 3.21. The van der Waals surface area contributed by atoms with Crippen molar-refractivity contribution < 1.29 is 0 Å². The van der Waals surface area contributed by atoms with E-state index in [1.165, 1.54) is 6.42 Å². The number of hydrogen-bond donors (Lipinski definition) is 1. The molecule has 2 nitrogen and oxygen atoms in total. The van der Waals surface area contributed by atoms with E-state index in [1.54, 1.807) is 0 Å². The van der Waals surface area contributed by atoms with Gasteiger partial charge in [0.05, 0.1) is 0 Å². The summed E-state index contributed by atoms with van der Waals surface area (Å²) in [6.45, 7) is 10.7. The van der Waals surface area contributed by atoms with Crippen LogP contribution in [0.2, 0.25) is 0 Å². The van der Waals surface area contributed by atoms with E-state index in [9.17, 15) is 0 Å². The van der Waals surface area contributed by atoms with Crippen LogP contribution in [0, 0.1) is 23.7 Å². The maximum Gasteiger partial charge on any atom is 0.0240 e. The van der Waals surface area contributed by atoms with Crippen molar-refractivity contribution in [3.05, 3.63) is 24.8 Å². The summed E-state index contributed by atoms with van der Waals surface area (Å²) >= 11 is 0. The standard InChI is InChI=1S/C15H28N2/c1-7-8-9-11(2)14-10-15(14)12(3)13(4)17(6)16-5/h7-9,11-16H,1,10H2,2-6H3/t11?,12?,13?,14?,15-/m0/s1. The first-order valence-electron chi connectivity index (χ1n) is 6.72. The Morgan fingerprint density at radius 3 is 2.47 bits per heavy atom. The topological polar surface area (TPSA) is 15.3 Å². The lowest BCUT2D eigenvalue weighted by molar-refractivity contribution is 0.133. The predicted octanol–water partition coefficient (Wildman–Crippen LogP) is 3.09. The fourth-order valence-corrected chi connectivity index (χ4v) is 2.76. The number of rotatable bonds is 7. The first-order chi connectivity index (χ1) is 8.02. The summed E-state index contributed by atoms with van der Waals surface area (Å²) in [4.78, 5) is 0. The number of nitrogens with one attached hydrogen (secondary N) is 1. The predicted molar refractivity (Wildman–Crippen MR) is 75.5 cm³/mol. The van der Waals surface area contributed by atoms with E-state index in [-0.39, 0.29) is 0 Å². The molecular weight excluding hydrogens is 208 g/mol. The lowest BCUT2D eigenvalue weighted by Gasteiger charge is -2.29. The second-order valence-corrected chi connectivity index (χ2v) is 5.48. The molecule has 5 atom stereocenters. The van der Waals surface area contributed by atoms with Gasteiger partial charge in [0.1, 0.15) is 0 Å². The molecule has 0 saturated heterocycles. The minimum absolute atomic E-state index is 0.589. The van der Waals surface area contributed by atoms with E-state index in [2.05, 4.69) is 57.0 Å². The van der Waals surface area contributed by atoms with Gasteiger partial charge in [-0.1, -0.05) is 38.7 Å². The lowest BCUT2D eigenvalue weighted by atomic mass is 9.93. The van der Waals surface area contributed by atoms with Crippen LogP contribution in [0.1, 0.15) is 27.2 Å². The van der Waals surface area contributed by atoms with Crippen LogP contribution < -0.4 is 5.43 Å². The zero-order valence-electron chi connectivity index (χ0n) is 12.0. The van der Waals surface area contributed by atoms with Crippen LogP contribution in [0.4, 0.5) is 0 Å². The molecule has 0 aliphatic heterocycles. The highest BCUT2D eigenvalue weighted by Crippen LogP contribution is 2.50. The molecule has 0 aromatic heterocycles. The molecule has 1 aliphatic rings. The Morgan fingerprint density at radius 1 is 1.29 bits per heavy atom. The quantitative estimate of drug-likeness (QED) is 0.540. The first kappa shape index (κ1) is 14.5. The van der Waals surface area contributed by atoms with Crippen molar-refractivity contribution >= 4 is 0 Å². The van der Waals surface area contributed by atoms with Gasteiger partial charge in [0.15, 0.2) is 0 Å². The van der Waals surface area contributed by atoms with Gasteiger partial charge >= 0.3 is 0 Å². The zero-order chi connectivity index (χ0) is 13.0. The Balaban J connectivity index is 2.44. The molecule has 1 fully saturated rings. The van der Waals surface area contributed by atoms with E-state index in [4.69, 9.17) is 0 Å². The molecule has 4 unspecified atom stereocenters. The third-order valence-electron chi connectivity index (χ3n) is 4.52. The van der Waals surface area contributed by atoms with Gasteiger partial charge in [-0.15, -0.1) is 0 Å². The van der Waals surface area contributed by atoms with Crippen LogP contribution in [0.15, 0.2) is 24.8 Å². The molecule has 1 saturated carbocycles. The summed E-state index contributed by atoms with van der Waals surface area (Å²) in [6, 6.07) is 0.589. The van der Waals surface area contributed by atoms with Crippen LogP contribution in [0.5, 0.6) is 0 Å². The van der Waals surface area contributed by atoms with Crippen LogP contribution in [-0.4, -0.2) is 25.1 Å². The summed E-state index contributed by atoms with van der Waals surface area (Å²) in [5.74, 6) is 3.18. The lowest BCUT2D eigenvalue weighted by Crippen LogP contribution is -2.42. The highest BCUT2D eigenvalue weighted by Gasteiger charge is 2.45. The SMILES string of the molecule is C=CC=CC(C)C1C[C@H]1C(C)C(C)N(C)NC. The molecule has 0 amide bonds. The molecule has 2 heteroatoms. The minimum Gasteiger partial charge on any atom is -0.258 e. The number of hydrogen-bond acceptors (Lipinski definition) is 2. The summed E-state index contributed by atoms with van der Waals surface area (Å²) in [5, 5.41) is 2.21. The van der Waals surface area contributed by atoms with Gasteiger partial charge in [0.2, 0.25) is 0 Å². The zero-order valence-corrected chi connectivity index (χ0v) is 12.0. The van der Waals surface area contributed by atoms with Crippen molar-refractivity contribution in [1.82, 2.24) is 10.4 Å². The van der Waals surface area contributed by atoms with E-state index in [0.717, 1.165) is 17.8 Å². The summed E-state index contributed by atoms with van der Waals surface area (Å²) in [6.07, 6.45) is 7.62. The van der Waals surface area contributed by atoms with Crippen LogP contribution in [-0.2, 0) is 0 Å². The molecule has 0 aromatic carbocycles. The Kier molecular flexibility index (Phi) is 5.41.